The summed E-state index contributed by atoms with van der Waals surface area (Å²) >= 11 is 0. The van der Waals surface area contributed by atoms with Gasteiger partial charge in [-0.3, -0.25) is 4.79 Å². The molecule has 3 N–H and O–H groups in total. The second-order valence-corrected chi connectivity index (χ2v) is 6.25. The van der Waals surface area contributed by atoms with Gasteiger partial charge in [-0.2, -0.15) is 0 Å². The number of fused-ring (bicyclic) bond motifs is 1. The lowest BCUT2D eigenvalue weighted by molar-refractivity contribution is -0.144. The maximum Gasteiger partial charge on any atom is 0.303 e. The van der Waals surface area contributed by atoms with Crippen molar-refractivity contribution in [3.8, 4) is 0 Å². The Hall–Kier alpha value is -0.830. The minimum Gasteiger partial charge on any atom is -0.481 e. The van der Waals surface area contributed by atoms with Crippen molar-refractivity contribution in [1.82, 2.24) is 0 Å². The molecular weight excluding hydrogens is 214 g/mol. The standard InChI is InChI=1S/C14H23NO2/c1-9(2)3-10-4-11-6-14(8-15,7-13(16)17)12(11)5-10/h5,9,11-12H,3-4,6-8,15H2,1-2H3,(H,16,17)/t11-,12?,14+/m1/s1. The van der Waals surface area contributed by atoms with Crippen molar-refractivity contribution < 1.29 is 9.90 Å². The van der Waals surface area contributed by atoms with Crippen LogP contribution in [0.5, 0.6) is 0 Å². The number of allylic oxidation sites excluding steroid dienone is 2. The molecule has 2 aliphatic rings. The van der Waals surface area contributed by atoms with Crippen LogP contribution in [0.25, 0.3) is 0 Å². The second-order valence-electron chi connectivity index (χ2n) is 6.25. The number of hydrogen-bond acceptors (Lipinski definition) is 2. The van der Waals surface area contributed by atoms with Crippen LogP contribution in [-0.4, -0.2) is 17.6 Å². The van der Waals surface area contributed by atoms with Gasteiger partial charge < -0.3 is 10.8 Å². The van der Waals surface area contributed by atoms with Gasteiger partial charge in [-0.25, -0.2) is 0 Å². The van der Waals surface area contributed by atoms with Crippen LogP contribution in [0.3, 0.4) is 0 Å². The minimum absolute atomic E-state index is 0.144. The Kier molecular flexibility index (Phi) is 3.30. The van der Waals surface area contributed by atoms with Gasteiger partial charge in [-0.15, -0.1) is 0 Å². The Morgan fingerprint density at radius 3 is 2.88 bits per heavy atom. The Morgan fingerprint density at radius 1 is 1.65 bits per heavy atom. The van der Waals surface area contributed by atoms with E-state index in [1.807, 2.05) is 0 Å². The Labute approximate surface area is 103 Å². The van der Waals surface area contributed by atoms with E-state index in [1.54, 1.807) is 0 Å². The minimum atomic E-state index is -0.709. The summed E-state index contributed by atoms with van der Waals surface area (Å²) in [6, 6.07) is 0. The molecule has 3 heteroatoms. The molecule has 3 nitrogen and oxygen atoms in total. The third kappa shape index (κ3) is 2.25. The molecular formula is C14H23NO2. The molecule has 0 heterocycles. The first-order valence-corrected chi connectivity index (χ1v) is 6.58. The van der Waals surface area contributed by atoms with E-state index in [4.69, 9.17) is 10.8 Å². The van der Waals surface area contributed by atoms with Crippen LogP contribution in [0.4, 0.5) is 0 Å². The third-order valence-corrected chi connectivity index (χ3v) is 4.40. The first-order chi connectivity index (χ1) is 7.97. The van der Waals surface area contributed by atoms with Gasteiger partial charge in [-0.05, 0) is 49.0 Å². The number of aliphatic carboxylic acids is 1. The monoisotopic (exact) mass is 237 g/mol. The molecule has 1 saturated carbocycles. The number of rotatable bonds is 5. The van der Waals surface area contributed by atoms with Crippen LogP contribution in [-0.2, 0) is 4.79 Å². The summed E-state index contributed by atoms with van der Waals surface area (Å²) in [6.07, 6.45) is 5.89. The molecule has 0 aromatic heterocycles. The van der Waals surface area contributed by atoms with Gasteiger partial charge in [0.05, 0.1) is 6.42 Å². The number of hydrogen-bond donors (Lipinski definition) is 2. The lowest BCUT2D eigenvalue weighted by Crippen LogP contribution is -2.51. The lowest BCUT2D eigenvalue weighted by Gasteiger charge is -2.51. The zero-order chi connectivity index (χ0) is 12.6. The molecule has 1 unspecified atom stereocenters. The second kappa shape index (κ2) is 4.45. The molecule has 0 radical (unpaired) electrons. The van der Waals surface area contributed by atoms with Gasteiger partial charge in [0.1, 0.15) is 0 Å². The number of nitrogens with two attached hydrogens (primary N) is 1. The lowest BCUT2D eigenvalue weighted by atomic mass is 9.53. The fourth-order valence-corrected chi connectivity index (χ4v) is 3.75. The molecule has 0 bridgehead atoms. The van der Waals surface area contributed by atoms with Gasteiger partial charge in [0, 0.05) is 0 Å². The summed E-state index contributed by atoms with van der Waals surface area (Å²) in [4.78, 5) is 10.9. The molecule has 0 saturated heterocycles. The van der Waals surface area contributed by atoms with E-state index in [1.165, 1.54) is 12.0 Å². The summed E-state index contributed by atoms with van der Waals surface area (Å²) < 4.78 is 0. The average molecular weight is 237 g/mol. The van der Waals surface area contributed by atoms with Crippen molar-refractivity contribution in [2.24, 2.45) is 28.9 Å². The maximum atomic E-state index is 10.9. The molecule has 3 atom stereocenters. The predicted octanol–water partition coefficient (Wildman–Crippen LogP) is 2.42. The van der Waals surface area contributed by atoms with Crippen LogP contribution < -0.4 is 5.73 Å². The van der Waals surface area contributed by atoms with Crippen molar-refractivity contribution in [2.45, 2.75) is 39.5 Å². The molecule has 0 aromatic rings. The quantitative estimate of drug-likeness (QED) is 0.722. The molecule has 1 fully saturated rings. The molecule has 2 rings (SSSR count). The third-order valence-electron chi connectivity index (χ3n) is 4.40. The first kappa shape index (κ1) is 12.6. The van der Waals surface area contributed by atoms with Crippen LogP contribution in [0, 0.1) is 23.2 Å². The number of carboxylic acids is 1. The fraction of sp³-hybridized carbons (Fsp3) is 0.786. The van der Waals surface area contributed by atoms with Crippen LogP contribution >= 0.6 is 0 Å². The summed E-state index contributed by atoms with van der Waals surface area (Å²) in [7, 11) is 0. The van der Waals surface area contributed by atoms with Crippen molar-refractivity contribution in [3.63, 3.8) is 0 Å². The summed E-state index contributed by atoms with van der Waals surface area (Å²) in [5, 5.41) is 9.00. The van der Waals surface area contributed by atoms with Gasteiger partial charge in [0.2, 0.25) is 0 Å². The van der Waals surface area contributed by atoms with Crippen LogP contribution in [0.15, 0.2) is 11.6 Å². The van der Waals surface area contributed by atoms with Crippen molar-refractivity contribution in [2.75, 3.05) is 6.54 Å². The number of carboxylic acid groups (broad SMARTS) is 1. The van der Waals surface area contributed by atoms with Gasteiger partial charge >= 0.3 is 5.97 Å². The topological polar surface area (TPSA) is 63.3 Å². The van der Waals surface area contributed by atoms with E-state index in [-0.39, 0.29) is 11.8 Å². The molecule has 0 aromatic carbocycles. The highest BCUT2D eigenvalue weighted by Crippen LogP contribution is 2.59. The van der Waals surface area contributed by atoms with Crippen LogP contribution in [0.1, 0.15) is 39.5 Å². The highest BCUT2D eigenvalue weighted by atomic mass is 16.4. The smallest absolute Gasteiger partial charge is 0.303 e. The molecule has 0 aliphatic heterocycles. The summed E-state index contributed by atoms with van der Waals surface area (Å²) in [6.45, 7) is 4.97. The van der Waals surface area contributed by atoms with E-state index < -0.39 is 5.97 Å². The fourth-order valence-electron chi connectivity index (χ4n) is 3.75. The predicted molar refractivity (Wildman–Crippen MR) is 67.5 cm³/mol. The van der Waals surface area contributed by atoms with E-state index in [9.17, 15) is 4.79 Å². The van der Waals surface area contributed by atoms with Gasteiger partial charge in [0.15, 0.2) is 0 Å². The Bertz CT molecular complexity index is 348. The van der Waals surface area contributed by atoms with Crippen LogP contribution in [0.2, 0.25) is 0 Å². The van der Waals surface area contributed by atoms with E-state index in [0.717, 1.165) is 12.8 Å². The SMILES string of the molecule is CC(C)CC1=CC2[C@H](C1)C[C@@]2(CN)CC(=O)O. The van der Waals surface area contributed by atoms with E-state index in [2.05, 4.69) is 19.9 Å². The normalized spacial score (nSPS) is 35.4. The van der Waals surface area contributed by atoms with Crippen molar-refractivity contribution in [3.05, 3.63) is 11.6 Å². The molecule has 17 heavy (non-hydrogen) atoms. The highest BCUT2D eigenvalue weighted by molar-refractivity contribution is 5.68. The Balaban J connectivity index is 2.06. The zero-order valence-corrected chi connectivity index (χ0v) is 10.8. The molecule has 0 amide bonds. The van der Waals surface area contributed by atoms with Gasteiger partial charge in [-0.1, -0.05) is 25.5 Å². The van der Waals surface area contributed by atoms with Crippen molar-refractivity contribution in [1.29, 1.82) is 0 Å². The molecule has 0 spiro atoms. The first-order valence-electron chi connectivity index (χ1n) is 6.58. The average Bonchev–Trinajstić information content (AvgIpc) is 2.52. The van der Waals surface area contributed by atoms with Gasteiger partial charge in [0.25, 0.3) is 0 Å². The van der Waals surface area contributed by atoms with E-state index >= 15 is 0 Å². The largest absolute Gasteiger partial charge is 0.481 e. The van der Waals surface area contributed by atoms with Crippen molar-refractivity contribution >= 4 is 5.97 Å². The maximum absolute atomic E-state index is 10.9. The number of carbonyl (C=O) groups is 1. The molecule has 2 aliphatic carbocycles. The van der Waals surface area contributed by atoms with E-state index in [0.29, 0.717) is 24.3 Å². The molecule has 96 valence electrons. The highest BCUT2D eigenvalue weighted by Gasteiger charge is 2.54. The Morgan fingerprint density at radius 2 is 2.35 bits per heavy atom. The summed E-state index contributed by atoms with van der Waals surface area (Å²) in [5.74, 6) is 1.08. The zero-order valence-electron chi connectivity index (χ0n) is 10.8. The summed E-state index contributed by atoms with van der Waals surface area (Å²) in [5.41, 5.74) is 7.21.